The standard InChI is InChI=1S/C17H36O3S/c1-3-5-7-9-10-11-12-13-14-16-20-21(18,19)17-15-8-6-4-2/h3-17H2,1-2H3. The van der Waals surface area contributed by atoms with Crippen molar-refractivity contribution in [1.82, 2.24) is 0 Å². The van der Waals surface area contributed by atoms with Crippen LogP contribution in [0.15, 0.2) is 0 Å². The van der Waals surface area contributed by atoms with E-state index in [9.17, 15) is 8.42 Å². The molecule has 0 N–H and O–H groups in total. The van der Waals surface area contributed by atoms with Crippen molar-refractivity contribution in [2.24, 2.45) is 0 Å². The lowest BCUT2D eigenvalue weighted by molar-refractivity contribution is 0.305. The lowest BCUT2D eigenvalue weighted by Crippen LogP contribution is -2.11. The molecule has 0 aromatic carbocycles. The Morgan fingerprint density at radius 3 is 1.57 bits per heavy atom. The van der Waals surface area contributed by atoms with E-state index in [1.807, 2.05) is 0 Å². The molecule has 0 heterocycles. The predicted molar refractivity (Wildman–Crippen MR) is 91.1 cm³/mol. The second-order valence-electron chi connectivity index (χ2n) is 5.97. The van der Waals surface area contributed by atoms with Crippen molar-refractivity contribution in [3.8, 4) is 0 Å². The minimum atomic E-state index is -3.27. The highest BCUT2D eigenvalue weighted by molar-refractivity contribution is 7.86. The van der Waals surface area contributed by atoms with Crippen LogP contribution in [0.5, 0.6) is 0 Å². The van der Waals surface area contributed by atoms with Crippen LogP contribution in [0.1, 0.15) is 97.3 Å². The molecule has 0 saturated carbocycles. The lowest BCUT2D eigenvalue weighted by Gasteiger charge is -2.05. The summed E-state index contributed by atoms with van der Waals surface area (Å²) < 4.78 is 28.3. The number of hydrogen-bond donors (Lipinski definition) is 0. The Labute approximate surface area is 133 Å². The van der Waals surface area contributed by atoms with Gasteiger partial charge in [-0.2, -0.15) is 8.42 Å². The van der Waals surface area contributed by atoms with Crippen molar-refractivity contribution in [1.29, 1.82) is 0 Å². The minimum absolute atomic E-state index is 0.185. The topological polar surface area (TPSA) is 43.4 Å². The van der Waals surface area contributed by atoms with Crippen molar-refractivity contribution >= 4 is 10.1 Å². The lowest BCUT2D eigenvalue weighted by atomic mass is 10.1. The molecule has 0 aromatic rings. The van der Waals surface area contributed by atoms with Gasteiger partial charge in [-0.05, 0) is 12.8 Å². The van der Waals surface area contributed by atoms with Crippen molar-refractivity contribution < 1.29 is 12.6 Å². The second-order valence-corrected chi connectivity index (χ2v) is 7.73. The average molecular weight is 321 g/mol. The summed E-state index contributed by atoms with van der Waals surface area (Å²) in [6.45, 7) is 4.72. The van der Waals surface area contributed by atoms with Gasteiger partial charge in [0.15, 0.2) is 0 Å². The molecule has 0 unspecified atom stereocenters. The minimum Gasteiger partial charge on any atom is -0.270 e. The van der Waals surface area contributed by atoms with Gasteiger partial charge in [-0.3, -0.25) is 4.18 Å². The van der Waals surface area contributed by atoms with E-state index >= 15 is 0 Å². The first-order valence-corrected chi connectivity index (χ1v) is 10.6. The maximum atomic E-state index is 11.6. The van der Waals surface area contributed by atoms with Gasteiger partial charge in [0.25, 0.3) is 10.1 Å². The first-order valence-electron chi connectivity index (χ1n) is 8.99. The van der Waals surface area contributed by atoms with Crippen molar-refractivity contribution in [2.45, 2.75) is 97.3 Å². The predicted octanol–water partition coefficient (Wildman–Crippen LogP) is 5.44. The Morgan fingerprint density at radius 1 is 0.619 bits per heavy atom. The number of hydrogen-bond acceptors (Lipinski definition) is 3. The van der Waals surface area contributed by atoms with Crippen LogP contribution in [0.4, 0.5) is 0 Å². The summed E-state index contributed by atoms with van der Waals surface area (Å²) in [4.78, 5) is 0. The van der Waals surface area contributed by atoms with Gasteiger partial charge >= 0.3 is 0 Å². The fourth-order valence-corrected chi connectivity index (χ4v) is 3.41. The first-order chi connectivity index (χ1) is 10.1. The Balaban J connectivity index is 3.32. The second kappa shape index (κ2) is 14.8. The van der Waals surface area contributed by atoms with Crippen LogP contribution in [0, 0.1) is 0 Å². The molecule has 0 fully saturated rings. The highest BCUT2D eigenvalue weighted by Gasteiger charge is 2.09. The van der Waals surface area contributed by atoms with Gasteiger partial charge in [0.1, 0.15) is 0 Å². The third kappa shape index (κ3) is 16.1. The molecule has 0 aliphatic rings. The molecular weight excluding hydrogens is 284 g/mol. The van der Waals surface area contributed by atoms with Gasteiger partial charge in [0, 0.05) is 0 Å². The van der Waals surface area contributed by atoms with Gasteiger partial charge in [-0.25, -0.2) is 0 Å². The molecule has 4 heteroatoms. The zero-order valence-corrected chi connectivity index (χ0v) is 15.1. The largest absolute Gasteiger partial charge is 0.270 e. The Hall–Kier alpha value is -0.0900. The molecule has 0 saturated heterocycles. The number of rotatable bonds is 16. The van der Waals surface area contributed by atoms with E-state index < -0.39 is 10.1 Å². The molecule has 21 heavy (non-hydrogen) atoms. The maximum Gasteiger partial charge on any atom is 0.267 e. The van der Waals surface area contributed by atoms with E-state index in [0.29, 0.717) is 6.61 Å². The van der Waals surface area contributed by atoms with Crippen LogP contribution in [-0.2, 0) is 14.3 Å². The van der Waals surface area contributed by atoms with Crippen LogP contribution in [-0.4, -0.2) is 20.8 Å². The summed E-state index contributed by atoms with van der Waals surface area (Å²) in [6, 6.07) is 0. The molecule has 0 spiro atoms. The molecule has 0 radical (unpaired) electrons. The molecule has 0 atom stereocenters. The monoisotopic (exact) mass is 320 g/mol. The summed E-state index contributed by atoms with van der Waals surface area (Å²) in [7, 11) is -3.27. The highest BCUT2D eigenvalue weighted by atomic mass is 32.2. The van der Waals surface area contributed by atoms with Crippen LogP contribution in [0.3, 0.4) is 0 Å². The van der Waals surface area contributed by atoms with Crippen LogP contribution < -0.4 is 0 Å². The van der Waals surface area contributed by atoms with Gasteiger partial charge in [-0.1, -0.05) is 84.5 Å². The molecule has 0 aliphatic carbocycles. The summed E-state index contributed by atoms with van der Waals surface area (Å²) >= 11 is 0. The Morgan fingerprint density at radius 2 is 1.05 bits per heavy atom. The maximum absolute atomic E-state index is 11.6. The molecular formula is C17H36O3S. The molecule has 0 bridgehead atoms. The van der Waals surface area contributed by atoms with Gasteiger partial charge in [0.05, 0.1) is 12.4 Å². The van der Waals surface area contributed by atoms with E-state index in [4.69, 9.17) is 4.18 Å². The molecule has 128 valence electrons. The average Bonchev–Trinajstić information content (AvgIpc) is 2.45. The quantitative estimate of drug-likeness (QED) is 0.281. The van der Waals surface area contributed by atoms with Crippen molar-refractivity contribution in [2.75, 3.05) is 12.4 Å². The highest BCUT2D eigenvalue weighted by Crippen LogP contribution is 2.10. The molecule has 0 aliphatic heterocycles. The zero-order chi connectivity index (χ0) is 15.8. The fourth-order valence-electron chi connectivity index (χ4n) is 2.36. The summed E-state index contributed by atoms with van der Waals surface area (Å²) in [5, 5.41) is 0. The summed E-state index contributed by atoms with van der Waals surface area (Å²) in [6.07, 6.45) is 15.0. The van der Waals surface area contributed by atoms with Crippen LogP contribution in [0.2, 0.25) is 0 Å². The van der Waals surface area contributed by atoms with Gasteiger partial charge < -0.3 is 0 Å². The van der Waals surface area contributed by atoms with E-state index in [2.05, 4.69) is 13.8 Å². The Kier molecular flexibility index (Phi) is 14.8. The van der Waals surface area contributed by atoms with E-state index in [0.717, 1.165) is 38.5 Å². The Bertz CT molecular complexity index is 299. The van der Waals surface area contributed by atoms with Crippen molar-refractivity contribution in [3.05, 3.63) is 0 Å². The normalized spacial score (nSPS) is 11.9. The summed E-state index contributed by atoms with van der Waals surface area (Å²) in [5.41, 5.74) is 0. The van der Waals surface area contributed by atoms with Gasteiger partial charge in [0.2, 0.25) is 0 Å². The fraction of sp³-hybridized carbons (Fsp3) is 1.00. The van der Waals surface area contributed by atoms with Gasteiger partial charge in [-0.15, -0.1) is 0 Å². The molecule has 0 rings (SSSR count). The third-order valence-electron chi connectivity index (χ3n) is 3.76. The van der Waals surface area contributed by atoms with Crippen molar-refractivity contribution in [3.63, 3.8) is 0 Å². The van der Waals surface area contributed by atoms with E-state index in [1.54, 1.807) is 0 Å². The third-order valence-corrected chi connectivity index (χ3v) is 5.07. The van der Waals surface area contributed by atoms with Crippen LogP contribution in [0.25, 0.3) is 0 Å². The van der Waals surface area contributed by atoms with E-state index in [1.165, 1.54) is 44.9 Å². The van der Waals surface area contributed by atoms with E-state index in [-0.39, 0.29) is 5.75 Å². The SMILES string of the molecule is CCCCCCCCCCCOS(=O)(=O)CCCCCC. The smallest absolute Gasteiger partial charge is 0.267 e. The van der Waals surface area contributed by atoms with Crippen LogP contribution >= 0.6 is 0 Å². The summed E-state index contributed by atoms with van der Waals surface area (Å²) in [5.74, 6) is 0.185. The molecule has 0 amide bonds. The molecule has 0 aromatic heterocycles. The zero-order valence-electron chi connectivity index (χ0n) is 14.2. The molecule has 3 nitrogen and oxygen atoms in total. The first kappa shape index (κ1) is 20.9. The number of unbranched alkanes of at least 4 members (excludes halogenated alkanes) is 11.